The standard InChI is InChI=1S/C13H18N2O5S/c1-14(2)21(18,19)11-5-3-10(4-6-11)15-7-8-20-9-12(15)13(16)17/h3-6,12H,7-9H2,1-2H3,(H,16,17). The van der Waals surface area contributed by atoms with E-state index >= 15 is 0 Å². The number of nitrogens with zero attached hydrogens (tertiary/aromatic N) is 2. The maximum atomic E-state index is 12.0. The van der Waals surface area contributed by atoms with E-state index in [2.05, 4.69) is 0 Å². The van der Waals surface area contributed by atoms with E-state index in [0.29, 0.717) is 18.8 Å². The molecule has 0 amide bonds. The van der Waals surface area contributed by atoms with Crippen LogP contribution in [0.5, 0.6) is 0 Å². The molecule has 1 atom stereocenters. The molecule has 1 aromatic carbocycles. The fraction of sp³-hybridized carbons (Fsp3) is 0.462. The van der Waals surface area contributed by atoms with Gasteiger partial charge in [0.05, 0.1) is 18.1 Å². The highest BCUT2D eigenvalue weighted by Gasteiger charge is 2.29. The molecule has 0 aliphatic carbocycles. The summed E-state index contributed by atoms with van der Waals surface area (Å²) in [6.45, 7) is 1.02. The number of carbonyl (C=O) groups is 1. The molecule has 0 spiro atoms. The molecular weight excluding hydrogens is 296 g/mol. The predicted octanol–water partition coefficient (Wildman–Crippen LogP) is 0.227. The normalized spacial score (nSPS) is 19.8. The van der Waals surface area contributed by atoms with Crippen molar-refractivity contribution in [1.29, 1.82) is 0 Å². The van der Waals surface area contributed by atoms with Gasteiger partial charge in [-0.25, -0.2) is 17.5 Å². The Balaban J connectivity index is 2.28. The molecule has 1 N–H and O–H groups in total. The Hall–Kier alpha value is -1.64. The van der Waals surface area contributed by atoms with E-state index in [1.54, 1.807) is 17.0 Å². The average Bonchev–Trinajstić information content (AvgIpc) is 2.47. The van der Waals surface area contributed by atoms with E-state index in [4.69, 9.17) is 4.74 Å². The van der Waals surface area contributed by atoms with Crippen molar-refractivity contribution >= 4 is 21.7 Å². The van der Waals surface area contributed by atoms with Gasteiger partial charge in [0.1, 0.15) is 0 Å². The number of anilines is 1. The first-order valence-electron chi connectivity index (χ1n) is 6.44. The van der Waals surface area contributed by atoms with Crippen molar-refractivity contribution in [2.45, 2.75) is 10.9 Å². The first-order chi connectivity index (χ1) is 9.84. The van der Waals surface area contributed by atoms with Gasteiger partial charge in [-0.1, -0.05) is 0 Å². The Morgan fingerprint density at radius 1 is 1.33 bits per heavy atom. The molecule has 1 fully saturated rings. The number of benzene rings is 1. The zero-order chi connectivity index (χ0) is 15.6. The minimum atomic E-state index is -3.48. The summed E-state index contributed by atoms with van der Waals surface area (Å²) in [7, 11) is -0.553. The van der Waals surface area contributed by atoms with Gasteiger partial charge >= 0.3 is 5.97 Å². The van der Waals surface area contributed by atoms with E-state index in [1.807, 2.05) is 0 Å². The second-order valence-corrected chi connectivity index (χ2v) is 7.06. The highest BCUT2D eigenvalue weighted by atomic mass is 32.2. The fourth-order valence-corrected chi connectivity index (χ4v) is 3.04. The molecular formula is C13H18N2O5S. The highest BCUT2D eigenvalue weighted by Crippen LogP contribution is 2.23. The SMILES string of the molecule is CN(C)S(=O)(=O)c1ccc(N2CCOCC2C(=O)O)cc1. The van der Waals surface area contributed by atoms with E-state index in [9.17, 15) is 18.3 Å². The molecule has 1 saturated heterocycles. The van der Waals surface area contributed by atoms with Crippen LogP contribution < -0.4 is 4.90 Å². The molecule has 0 radical (unpaired) electrons. The van der Waals surface area contributed by atoms with Crippen LogP contribution in [-0.2, 0) is 19.6 Å². The van der Waals surface area contributed by atoms with Crippen molar-refractivity contribution in [1.82, 2.24) is 4.31 Å². The van der Waals surface area contributed by atoms with Crippen molar-refractivity contribution in [3.63, 3.8) is 0 Å². The second-order valence-electron chi connectivity index (χ2n) is 4.90. The summed E-state index contributed by atoms with van der Waals surface area (Å²) in [6.07, 6.45) is 0. The van der Waals surface area contributed by atoms with Gasteiger partial charge in [-0.15, -0.1) is 0 Å². The number of morpholine rings is 1. The highest BCUT2D eigenvalue weighted by molar-refractivity contribution is 7.89. The van der Waals surface area contributed by atoms with Crippen molar-refractivity contribution in [3.8, 4) is 0 Å². The van der Waals surface area contributed by atoms with E-state index in [-0.39, 0.29) is 11.5 Å². The molecule has 7 nitrogen and oxygen atoms in total. The van der Waals surface area contributed by atoms with Crippen molar-refractivity contribution in [2.75, 3.05) is 38.8 Å². The van der Waals surface area contributed by atoms with Crippen LogP contribution in [0.3, 0.4) is 0 Å². The van der Waals surface area contributed by atoms with Crippen LogP contribution in [0.2, 0.25) is 0 Å². The Morgan fingerprint density at radius 3 is 2.48 bits per heavy atom. The van der Waals surface area contributed by atoms with Crippen LogP contribution in [0.4, 0.5) is 5.69 Å². The molecule has 1 aliphatic rings. The predicted molar refractivity (Wildman–Crippen MR) is 76.9 cm³/mol. The van der Waals surface area contributed by atoms with E-state index in [0.717, 1.165) is 4.31 Å². The minimum Gasteiger partial charge on any atom is -0.480 e. The summed E-state index contributed by atoms with van der Waals surface area (Å²) in [5.41, 5.74) is 0.670. The lowest BCUT2D eigenvalue weighted by Gasteiger charge is -2.34. The Labute approximate surface area is 123 Å². The van der Waals surface area contributed by atoms with Crippen LogP contribution >= 0.6 is 0 Å². The maximum Gasteiger partial charge on any atom is 0.328 e. The first-order valence-corrected chi connectivity index (χ1v) is 7.88. The lowest BCUT2D eigenvalue weighted by molar-refractivity contribution is -0.141. The Kier molecular flexibility index (Phi) is 4.50. The number of carboxylic acids is 1. The van der Waals surface area contributed by atoms with Gasteiger partial charge in [0.25, 0.3) is 0 Å². The van der Waals surface area contributed by atoms with Crippen LogP contribution in [0.15, 0.2) is 29.2 Å². The topological polar surface area (TPSA) is 87.2 Å². The van der Waals surface area contributed by atoms with Gasteiger partial charge in [0.2, 0.25) is 10.0 Å². The summed E-state index contributed by atoms with van der Waals surface area (Å²) >= 11 is 0. The van der Waals surface area contributed by atoms with Crippen molar-refractivity contribution in [3.05, 3.63) is 24.3 Å². The third-order valence-corrected chi connectivity index (χ3v) is 5.19. The Morgan fingerprint density at radius 2 is 1.95 bits per heavy atom. The van der Waals surface area contributed by atoms with Crippen LogP contribution in [-0.4, -0.2) is 63.7 Å². The van der Waals surface area contributed by atoms with Crippen LogP contribution in [0.25, 0.3) is 0 Å². The summed E-state index contributed by atoms with van der Waals surface area (Å²) in [4.78, 5) is 13.1. The lowest BCUT2D eigenvalue weighted by atomic mass is 10.2. The molecule has 1 aromatic rings. The minimum absolute atomic E-state index is 0.118. The van der Waals surface area contributed by atoms with Gasteiger partial charge in [0, 0.05) is 26.3 Å². The van der Waals surface area contributed by atoms with Crippen LogP contribution in [0.1, 0.15) is 0 Å². The molecule has 0 aromatic heterocycles. The zero-order valence-electron chi connectivity index (χ0n) is 11.9. The molecule has 1 unspecified atom stereocenters. The van der Waals surface area contributed by atoms with Gasteiger partial charge in [-0.05, 0) is 24.3 Å². The monoisotopic (exact) mass is 314 g/mol. The number of sulfonamides is 1. The van der Waals surface area contributed by atoms with Gasteiger partial charge in [-0.2, -0.15) is 0 Å². The van der Waals surface area contributed by atoms with Crippen LogP contribution in [0, 0.1) is 0 Å². The number of carboxylic acid groups (broad SMARTS) is 1. The molecule has 0 bridgehead atoms. The number of aliphatic carboxylic acids is 1. The van der Waals surface area contributed by atoms with Gasteiger partial charge < -0.3 is 14.7 Å². The average molecular weight is 314 g/mol. The van der Waals surface area contributed by atoms with Gasteiger partial charge in [-0.3, -0.25) is 0 Å². The fourth-order valence-electron chi connectivity index (χ4n) is 2.14. The maximum absolute atomic E-state index is 12.0. The molecule has 8 heteroatoms. The molecule has 0 saturated carbocycles. The molecule has 1 aliphatic heterocycles. The number of rotatable bonds is 4. The molecule has 21 heavy (non-hydrogen) atoms. The van der Waals surface area contributed by atoms with Crippen molar-refractivity contribution < 1.29 is 23.1 Å². The molecule has 1 heterocycles. The third kappa shape index (κ3) is 3.17. The largest absolute Gasteiger partial charge is 0.480 e. The summed E-state index contributed by atoms with van der Waals surface area (Å²) < 4.78 is 30.3. The van der Waals surface area contributed by atoms with E-state index in [1.165, 1.54) is 26.2 Å². The number of hydrogen-bond donors (Lipinski definition) is 1. The van der Waals surface area contributed by atoms with Gasteiger partial charge in [0.15, 0.2) is 6.04 Å². The van der Waals surface area contributed by atoms with E-state index < -0.39 is 22.0 Å². The summed E-state index contributed by atoms with van der Waals surface area (Å²) in [6, 6.07) is 5.46. The number of hydrogen-bond acceptors (Lipinski definition) is 5. The summed E-state index contributed by atoms with van der Waals surface area (Å²) in [5, 5.41) is 9.20. The molecule has 2 rings (SSSR count). The smallest absolute Gasteiger partial charge is 0.328 e. The quantitative estimate of drug-likeness (QED) is 0.856. The second kappa shape index (κ2) is 6.00. The Bertz CT molecular complexity index is 612. The molecule has 116 valence electrons. The lowest BCUT2D eigenvalue weighted by Crippen LogP contribution is -2.50. The third-order valence-electron chi connectivity index (χ3n) is 3.36. The zero-order valence-corrected chi connectivity index (χ0v) is 12.7. The summed E-state index contributed by atoms with van der Waals surface area (Å²) in [5.74, 6) is -0.959. The van der Waals surface area contributed by atoms with Crippen molar-refractivity contribution in [2.24, 2.45) is 0 Å². The first kappa shape index (κ1) is 15.7. The number of ether oxygens (including phenoxy) is 1.